The van der Waals surface area contributed by atoms with E-state index >= 15 is 0 Å². The van der Waals surface area contributed by atoms with Gasteiger partial charge in [-0.25, -0.2) is 4.79 Å². The Hall–Kier alpha value is -1.30. The number of carbonyl (C=O) groups excluding carboxylic acids is 2. The van der Waals surface area contributed by atoms with Gasteiger partial charge >= 0.3 is 6.03 Å². The van der Waals surface area contributed by atoms with Crippen LogP contribution in [0.1, 0.15) is 33.6 Å². The van der Waals surface area contributed by atoms with Crippen molar-refractivity contribution in [2.75, 3.05) is 39.3 Å². The fraction of sp³-hybridized carbons (Fsp3) is 0.857. The number of nitrogens with zero attached hydrogens (tertiary/aromatic N) is 3. The normalized spacial score (nSPS) is 17.0. The zero-order valence-electron chi connectivity index (χ0n) is 13.0. The molecule has 0 spiro atoms. The van der Waals surface area contributed by atoms with Crippen LogP contribution >= 0.6 is 0 Å². The third kappa shape index (κ3) is 4.67. The summed E-state index contributed by atoms with van der Waals surface area (Å²) in [6.45, 7) is 9.83. The van der Waals surface area contributed by atoms with E-state index in [9.17, 15) is 9.59 Å². The molecule has 1 atom stereocenters. The minimum absolute atomic E-state index is 0.0597. The Morgan fingerprint density at radius 1 is 1.10 bits per heavy atom. The van der Waals surface area contributed by atoms with Crippen molar-refractivity contribution in [3.05, 3.63) is 0 Å². The van der Waals surface area contributed by atoms with Crippen LogP contribution in [0.3, 0.4) is 0 Å². The quantitative estimate of drug-likeness (QED) is 0.808. The average molecular weight is 284 g/mol. The van der Waals surface area contributed by atoms with E-state index in [1.54, 1.807) is 0 Å². The lowest BCUT2D eigenvalue weighted by Crippen LogP contribution is -2.54. The molecule has 1 fully saturated rings. The van der Waals surface area contributed by atoms with Crippen molar-refractivity contribution in [3.8, 4) is 0 Å². The first-order chi connectivity index (χ1) is 9.49. The van der Waals surface area contributed by atoms with Gasteiger partial charge in [-0.05, 0) is 27.2 Å². The van der Waals surface area contributed by atoms with Crippen LogP contribution in [-0.2, 0) is 4.79 Å². The van der Waals surface area contributed by atoms with Gasteiger partial charge in [0, 0.05) is 51.7 Å². The standard InChI is InChI=1S/C14H28N4O2/c1-4-16(5-2)14(20)18-10-8-17(9-11-18)13(19)7-6-12(3)15/h12H,4-11,15H2,1-3H3. The highest BCUT2D eigenvalue weighted by Crippen LogP contribution is 2.08. The van der Waals surface area contributed by atoms with Crippen molar-refractivity contribution in [1.29, 1.82) is 0 Å². The first-order valence-corrected chi connectivity index (χ1v) is 7.56. The van der Waals surface area contributed by atoms with Crippen LogP contribution in [0.25, 0.3) is 0 Å². The molecule has 20 heavy (non-hydrogen) atoms. The number of hydrogen-bond acceptors (Lipinski definition) is 3. The van der Waals surface area contributed by atoms with Gasteiger partial charge in [-0.15, -0.1) is 0 Å². The summed E-state index contributed by atoms with van der Waals surface area (Å²) in [5.74, 6) is 0.150. The van der Waals surface area contributed by atoms with Gasteiger partial charge in [0.15, 0.2) is 0 Å². The van der Waals surface area contributed by atoms with Crippen molar-refractivity contribution >= 4 is 11.9 Å². The summed E-state index contributed by atoms with van der Waals surface area (Å²) < 4.78 is 0. The van der Waals surface area contributed by atoms with Crippen molar-refractivity contribution in [3.63, 3.8) is 0 Å². The Kier molecular flexibility index (Phi) is 6.78. The molecule has 2 N–H and O–H groups in total. The molecule has 0 bridgehead atoms. The summed E-state index contributed by atoms with van der Waals surface area (Å²) in [7, 11) is 0. The molecule has 0 aliphatic carbocycles. The van der Waals surface area contributed by atoms with Gasteiger partial charge in [-0.1, -0.05) is 0 Å². The van der Waals surface area contributed by atoms with E-state index in [-0.39, 0.29) is 18.0 Å². The first-order valence-electron chi connectivity index (χ1n) is 7.56. The lowest BCUT2D eigenvalue weighted by molar-refractivity contribution is -0.132. The molecule has 116 valence electrons. The summed E-state index contributed by atoms with van der Waals surface area (Å²) >= 11 is 0. The van der Waals surface area contributed by atoms with Gasteiger partial charge < -0.3 is 20.4 Å². The molecular formula is C14H28N4O2. The molecule has 0 saturated carbocycles. The van der Waals surface area contributed by atoms with Gasteiger partial charge in [-0.2, -0.15) is 0 Å². The number of urea groups is 1. The second kappa shape index (κ2) is 8.09. The molecule has 0 aromatic rings. The van der Waals surface area contributed by atoms with Crippen molar-refractivity contribution in [1.82, 2.24) is 14.7 Å². The molecule has 3 amide bonds. The monoisotopic (exact) mass is 284 g/mol. The van der Waals surface area contributed by atoms with Crippen molar-refractivity contribution in [2.45, 2.75) is 39.7 Å². The van der Waals surface area contributed by atoms with Crippen LogP contribution in [0, 0.1) is 0 Å². The predicted octanol–water partition coefficient (Wildman–Crippen LogP) is 0.720. The molecule has 0 radical (unpaired) electrons. The Labute approximate surface area is 121 Å². The topological polar surface area (TPSA) is 69.9 Å². The number of rotatable bonds is 5. The third-order valence-electron chi connectivity index (χ3n) is 3.75. The Balaban J connectivity index is 2.39. The maximum absolute atomic E-state index is 12.2. The molecule has 1 aliphatic heterocycles. The van der Waals surface area contributed by atoms with Crippen LogP contribution in [0.4, 0.5) is 4.79 Å². The van der Waals surface area contributed by atoms with Crippen LogP contribution in [-0.4, -0.2) is 71.9 Å². The highest BCUT2D eigenvalue weighted by Gasteiger charge is 2.25. The maximum atomic E-state index is 12.2. The largest absolute Gasteiger partial charge is 0.339 e. The number of amides is 3. The lowest BCUT2D eigenvalue weighted by atomic mass is 10.1. The molecule has 1 unspecified atom stereocenters. The van der Waals surface area contributed by atoms with Crippen LogP contribution in [0.5, 0.6) is 0 Å². The number of piperazine rings is 1. The van der Waals surface area contributed by atoms with Crippen LogP contribution in [0.2, 0.25) is 0 Å². The highest BCUT2D eigenvalue weighted by molar-refractivity contribution is 5.77. The summed E-state index contributed by atoms with van der Waals surface area (Å²) in [6, 6.07) is 0.141. The van der Waals surface area contributed by atoms with Gasteiger partial charge in [0.2, 0.25) is 5.91 Å². The summed E-state index contributed by atoms with van der Waals surface area (Å²) in [6.07, 6.45) is 1.22. The van der Waals surface area contributed by atoms with E-state index < -0.39 is 0 Å². The molecule has 0 aromatic carbocycles. The van der Waals surface area contributed by atoms with Gasteiger partial charge in [0.25, 0.3) is 0 Å². The van der Waals surface area contributed by atoms with Crippen molar-refractivity contribution < 1.29 is 9.59 Å². The Morgan fingerprint density at radius 2 is 1.60 bits per heavy atom. The molecule has 6 heteroatoms. The average Bonchev–Trinajstić information content (AvgIpc) is 2.46. The minimum Gasteiger partial charge on any atom is -0.339 e. The maximum Gasteiger partial charge on any atom is 0.320 e. The molecule has 1 heterocycles. The van der Waals surface area contributed by atoms with E-state index in [0.29, 0.717) is 32.6 Å². The second-order valence-corrected chi connectivity index (χ2v) is 5.34. The Morgan fingerprint density at radius 3 is 2.05 bits per heavy atom. The SMILES string of the molecule is CCN(CC)C(=O)N1CCN(C(=O)CCC(C)N)CC1. The van der Waals surface area contributed by atoms with Crippen LogP contribution < -0.4 is 5.73 Å². The van der Waals surface area contributed by atoms with E-state index in [1.165, 1.54) is 0 Å². The molecule has 0 aromatic heterocycles. The Bertz CT molecular complexity index is 321. The zero-order chi connectivity index (χ0) is 15.1. The summed E-state index contributed by atoms with van der Waals surface area (Å²) in [5, 5.41) is 0. The third-order valence-corrected chi connectivity index (χ3v) is 3.75. The fourth-order valence-corrected chi connectivity index (χ4v) is 2.35. The van der Waals surface area contributed by atoms with Crippen LogP contribution in [0.15, 0.2) is 0 Å². The zero-order valence-corrected chi connectivity index (χ0v) is 13.0. The molecule has 6 nitrogen and oxygen atoms in total. The second-order valence-electron chi connectivity index (χ2n) is 5.34. The summed E-state index contributed by atoms with van der Waals surface area (Å²) in [4.78, 5) is 29.7. The highest BCUT2D eigenvalue weighted by atomic mass is 16.2. The van der Waals surface area contributed by atoms with E-state index in [2.05, 4.69) is 0 Å². The number of carbonyl (C=O) groups is 2. The van der Waals surface area contributed by atoms with Crippen molar-refractivity contribution in [2.24, 2.45) is 5.73 Å². The number of nitrogens with two attached hydrogens (primary N) is 1. The molecule has 1 aliphatic rings. The van der Waals surface area contributed by atoms with Gasteiger partial charge in [0.1, 0.15) is 0 Å². The first kappa shape index (κ1) is 16.8. The molecule has 1 saturated heterocycles. The number of hydrogen-bond donors (Lipinski definition) is 1. The molecular weight excluding hydrogens is 256 g/mol. The fourth-order valence-electron chi connectivity index (χ4n) is 2.35. The van der Waals surface area contributed by atoms with E-state index in [0.717, 1.165) is 19.5 Å². The van der Waals surface area contributed by atoms with Gasteiger partial charge in [-0.3, -0.25) is 4.79 Å². The summed E-state index contributed by atoms with van der Waals surface area (Å²) in [5.41, 5.74) is 5.67. The van der Waals surface area contributed by atoms with E-state index in [1.807, 2.05) is 35.5 Å². The predicted molar refractivity (Wildman–Crippen MR) is 79.4 cm³/mol. The smallest absolute Gasteiger partial charge is 0.320 e. The minimum atomic E-state index is 0.0597. The molecule has 1 rings (SSSR count). The van der Waals surface area contributed by atoms with E-state index in [4.69, 9.17) is 5.73 Å². The lowest BCUT2D eigenvalue weighted by Gasteiger charge is -2.37. The van der Waals surface area contributed by atoms with Gasteiger partial charge in [0.05, 0.1) is 0 Å².